The van der Waals surface area contributed by atoms with E-state index in [1.807, 2.05) is 6.07 Å². The van der Waals surface area contributed by atoms with Gasteiger partial charge in [0.25, 0.3) is 5.69 Å². The van der Waals surface area contributed by atoms with Crippen molar-refractivity contribution in [3.63, 3.8) is 0 Å². The van der Waals surface area contributed by atoms with Crippen molar-refractivity contribution in [2.24, 2.45) is 0 Å². The Kier molecular flexibility index (Phi) is 5.79. The predicted molar refractivity (Wildman–Crippen MR) is 84.2 cm³/mol. The summed E-state index contributed by atoms with van der Waals surface area (Å²) in [5, 5.41) is 14.2. The normalized spacial score (nSPS) is 16.6. The molecule has 0 amide bonds. The summed E-state index contributed by atoms with van der Waals surface area (Å²) in [6, 6.07) is 5.11. The third kappa shape index (κ3) is 4.45. The molecular formula is C14H20BrN3O2. The Labute approximate surface area is 127 Å². The van der Waals surface area contributed by atoms with Gasteiger partial charge in [0, 0.05) is 23.6 Å². The average Bonchev–Trinajstić information content (AvgIpc) is 2.69. The van der Waals surface area contributed by atoms with E-state index in [0.29, 0.717) is 5.69 Å². The van der Waals surface area contributed by atoms with Crippen LogP contribution in [0.3, 0.4) is 0 Å². The van der Waals surface area contributed by atoms with Crippen LogP contribution < -0.4 is 5.32 Å². The van der Waals surface area contributed by atoms with E-state index in [1.54, 1.807) is 6.07 Å². The van der Waals surface area contributed by atoms with Crippen molar-refractivity contribution >= 4 is 27.3 Å². The van der Waals surface area contributed by atoms with Crippen LogP contribution in [0.5, 0.6) is 0 Å². The number of hydrogen-bond acceptors (Lipinski definition) is 4. The highest BCUT2D eigenvalue weighted by atomic mass is 79.9. The number of nitro groups is 1. The lowest BCUT2D eigenvalue weighted by atomic mass is 10.2. The van der Waals surface area contributed by atoms with E-state index in [4.69, 9.17) is 0 Å². The highest BCUT2D eigenvalue weighted by Crippen LogP contribution is 2.27. The Bertz CT molecular complexity index is 460. The van der Waals surface area contributed by atoms with Gasteiger partial charge in [-0.1, -0.05) is 28.8 Å². The first-order valence-corrected chi connectivity index (χ1v) is 7.86. The highest BCUT2D eigenvalue weighted by Gasteiger charge is 2.14. The number of likely N-dealkylation sites (tertiary alicyclic amines) is 1. The van der Waals surface area contributed by atoms with Crippen LogP contribution in [0.15, 0.2) is 22.7 Å². The van der Waals surface area contributed by atoms with Gasteiger partial charge < -0.3 is 10.2 Å². The number of nitrogens with zero attached hydrogens (tertiary/aromatic N) is 2. The Hall–Kier alpha value is -1.14. The van der Waals surface area contributed by atoms with Crippen molar-refractivity contribution < 1.29 is 4.92 Å². The zero-order chi connectivity index (χ0) is 14.4. The first-order valence-electron chi connectivity index (χ1n) is 7.07. The average molecular weight is 342 g/mol. The fourth-order valence-corrected chi connectivity index (χ4v) is 2.86. The molecule has 1 aromatic carbocycles. The molecule has 1 saturated heterocycles. The minimum atomic E-state index is -0.348. The number of halogens is 1. The van der Waals surface area contributed by atoms with Gasteiger partial charge in [0.2, 0.25) is 0 Å². The van der Waals surface area contributed by atoms with Crippen molar-refractivity contribution in [2.45, 2.75) is 25.7 Å². The second-order valence-electron chi connectivity index (χ2n) is 5.10. The molecule has 0 saturated carbocycles. The maximum absolute atomic E-state index is 11.0. The van der Waals surface area contributed by atoms with Gasteiger partial charge in [-0.15, -0.1) is 0 Å². The molecule has 6 heteroatoms. The number of anilines is 1. The smallest absolute Gasteiger partial charge is 0.293 e. The fourth-order valence-electron chi connectivity index (χ4n) is 2.51. The summed E-state index contributed by atoms with van der Waals surface area (Å²) in [4.78, 5) is 13.1. The number of hydrogen-bond donors (Lipinski definition) is 1. The molecule has 20 heavy (non-hydrogen) atoms. The highest BCUT2D eigenvalue weighted by molar-refractivity contribution is 9.10. The topological polar surface area (TPSA) is 58.4 Å². The molecule has 0 spiro atoms. The van der Waals surface area contributed by atoms with Crippen molar-refractivity contribution in [1.29, 1.82) is 0 Å². The summed E-state index contributed by atoms with van der Waals surface area (Å²) in [5.41, 5.74) is 0.711. The first-order chi connectivity index (χ1) is 9.66. The second-order valence-corrected chi connectivity index (χ2v) is 6.02. The molecular weight excluding hydrogens is 322 g/mol. The number of rotatable bonds is 5. The first kappa shape index (κ1) is 15.3. The molecule has 0 unspecified atom stereocenters. The molecule has 0 radical (unpaired) electrons. The molecule has 1 aliphatic rings. The molecule has 0 aliphatic carbocycles. The maximum Gasteiger partial charge on any atom is 0.293 e. The van der Waals surface area contributed by atoms with Crippen molar-refractivity contribution in [2.75, 3.05) is 31.5 Å². The number of nitro benzene ring substituents is 1. The van der Waals surface area contributed by atoms with Crippen LogP contribution in [0.25, 0.3) is 0 Å². The fraction of sp³-hybridized carbons (Fsp3) is 0.571. The van der Waals surface area contributed by atoms with Crippen molar-refractivity contribution in [3.05, 3.63) is 32.8 Å². The van der Waals surface area contributed by atoms with E-state index in [9.17, 15) is 10.1 Å². The van der Waals surface area contributed by atoms with E-state index in [-0.39, 0.29) is 10.6 Å². The molecule has 1 aromatic rings. The number of nitrogens with one attached hydrogen (secondary N) is 1. The van der Waals surface area contributed by atoms with Crippen LogP contribution >= 0.6 is 15.9 Å². The van der Waals surface area contributed by atoms with E-state index >= 15 is 0 Å². The van der Waals surface area contributed by atoms with Gasteiger partial charge in [0.1, 0.15) is 5.69 Å². The Morgan fingerprint density at radius 1 is 1.25 bits per heavy atom. The lowest BCUT2D eigenvalue weighted by molar-refractivity contribution is -0.384. The quantitative estimate of drug-likeness (QED) is 0.656. The molecule has 1 fully saturated rings. The van der Waals surface area contributed by atoms with Crippen molar-refractivity contribution in [3.8, 4) is 0 Å². The molecule has 0 aromatic heterocycles. The molecule has 5 nitrogen and oxygen atoms in total. The van der Waals surface area contributed by atoms with Crippen LogP contribution in [0.1, 0.15) is 25.7 Å². The third-order valence-electron chi connectivity index (χ3n) is 3.60. The molecule has 1 heterocycles. The summed E-state index contributed by atoms with van der Waals surface area (Å²) in [7, 11) is 0. The third-order valence-corrected chi connectivity index (χ3v) is 4.09. The van der Waals surface area contributed by atoms with Gasteiger partial charge in [-0.25, -0.2) is 0 Å². The molecule has 1 aliphatic heterocycles. The second kappa shape index (κ2) is 7.59. The van der Waals surface area contributed by atoms with Gasteiger partial charge >= 0.3 is 0 Å². The number of benzene rings is 1. The maximum atomic E-state index is 11.0. The van der Waals surface area contributed by atoms with Crippen LogP contribution in [0, 0.1) is 10.1 Å². The van der Waals surface area contributed by atoms with E-state index in [0.717, 1.165) is 30.7 Å². The molecule has 1 N–H and O–H groups in total. The van der Waals surface area contributed by atoms with E-state index < -0.39 is 0 Å². The lowest BCUT2D eigenvalue weighted by Gasteiger charge is -2.20. The monoisotopic (exact) mass is 341 g/mol. The summed E-state index contributed by atoms with van der Waals surface area (Å²) < 4.78 is 0.724. The van der Waals surface area contributed by atoms with E-state index in [1.165, 1.54) is 31.7 Å². The minimum absolute atomic E-state index is 0.121. The van der Waals surface area contributed by atoms with Crippen molar-refractivity contribution in [1.82, 2.24) is 4.90 Å². The van der Waals surface area contributed by atoms with Crippen LogP contribution in [-0.2, 0) is 0 Å². The van der Waals surface area contributed by atoms with Gasteiger partial charge in [-0.05, 0) is 38.1 Å². The standard InChI is InChI=1S/C14H20BrN3O2/c15-12-5-6-13(14(11-12)18(19)20)16-7-10-17-8-3-1-2-4-9-17/h5-6,11,16H,1-4,7-10H2. The van der Waals surface area contributed by atoms with E-state index in [2.05, 4.69) is 26.1 Å². The summed E-state index contributed by atoms with van der Waals surface area (Å²) in [5.74, 6) is 0. The summed E-state index contributed by atoms with van der Waals surface area (Å²) in [6.07, 6.45) is 5.17. The summed E-state index contributed by atoms with van der Waals surface area (Å²) in [6.45, 7) is 3.96. The lowest BCUT2D eigenvalue weighted by Crippen LogP contribution is -2.30. The van der Waals surface area contributed by atoms with Crippen LogP contribution in [-0.4, -0.2) is 36.0 Å². The van der Waals surface area contributed by atoms with Gasteiger partial charge in [0.05, 0.1) is 4.92 Å². The van der Waals surface area contributed by atoms with Gasteiger partial charge in [-0.3, -0.25) is 10.1 Å². The Morgan fingerprint density at radius 2 is 1.95 bits per heavy atom. The predicted octanol–water partition coefficient (Wildman–Crippen LogP) is 3.65. The molecule has 110 valence electrons. The van der Waals surface area contributed by atoms with Gasteiger partial charge in [0.15, 0.2) is 0 Å². The van der Waals surface area contributed by atoms with Crippen LogP contribution in [0.2, 0.25) is 0 Å². The Morgan fingerprint density at radius 3 is 2.60 bits per heavy atom. The minimum Gasteiger partial charge on any atom is -0.378 e. The molecule has 2 rings (SSSR count). The Balaban J connectivity index is 1.88. The van der Waals surface area contributed by atoms with Crippen LogP contribution in [0.4, 0.5) is 11.4 Å². The molecule has 0 atom stereocenters. The zero-order valence-corrected chi connectivity index (χ0v) is 13.1. The summed E-state index contributed by atoms with van der Waals surface area (Å²) >= 11 is 3.26. The zero-order valence-electron chi connectivity index (χ0n) is 11.5. The largest absolute Gasteiger partial charge is 0.378 e. The SMILES string of the molecule is O=[N+]([O-])c1cc(Br)ccc1NCCN1CCCCCC1. The molecule has 0 bridgehead atoms. The van der Waals surface area contributed by atoms with Gasteiger partial charge in [-0.2, -0.15) is 0 Å².